The van der Waals surface area contributed by atoms with E-state index in [1.54, 1.807) is 14.2 Å². The Morgan fingerprint density at radius 3 is 2.57 bits per heavy atom. The number of rotatable bonds is 9. The van der Waals surface area contributed by atoms with Crippen molar-refractivity contribution in [3.8, 4) is 28.6 Å². The van der Waals surface area contributed by atoms with Crippen molar-refractivity contribution in [1.82, 2.24) is 24.1 Å². The fraction of sp³-hybridized carbons (Fsp3) is 0.361. The van der Waals surface area contributed by atoms with Gasteiger partial charge >= 0.3 is 0 Å². The SMILES string of the molecule is COc1ccc(-c2nc(C(=O)N3CCN(CCCOc4cc5c(cc4OC)C(=O)N4CCC[C@H]4C=C5)CC3)c3ccccn23)cc1. The van der Waals surface area contributed by atoms with E-state index in [0.717, 1.165) is 73.7 Å². The molecule has 0 unspecified atom stereocenters. The zero-order valence-corrected chi connectivity index (χ0v) is 26.4. The van der Waals surface area contributed by atoms with Gasteiger partial charge in [-0.15, -0.1) is 0 Å². The predicted octanol–water partition coefficient (Wildman–Crippen LogP) is 4.88. The van der Waals surface area contributed by atoms with E-state index in [2.05, 4.69) is 11.0 Å². The molecule has 3 aliphatic heterocycles. The Morgan fingerprint density at radius 1 is 0.957 bits per heavy atom. The number of imidazole rings is 1. The lowest BCUT2D eigenvalue weighted by atomic mass is 10.1. The standard InChI is InChI=1S/C36H39N5O5/c1-44-28-13-10-25(11-14-28)34-37-33(30-8-3-4-16-41(30)34)36(43)39-20-18-38(19-21-39)15-6-22-46-32-23-26-9-12-27-7-5-17-40(27)35(42)29(26)24-31(32)45-2/h3-4,8-14,16,23-24,27H,5-7,15,17-22H2,1-2H3/t27-/m0/s1. The molecule has 2 fully saturated rings. The van der Waals surface area contributed by atoms with Gasteiger partial charge in [-0.25, -0.2) is 4.98 Å². The van der Waals surface area contributed by atoms with Crippen LogP contribution in [0.5, 0.6) is 17.2 Å². The molecule has 0 bridgehead atoms. The third-order valence-electron chi connectivity index (χ3n) is 9.26. The average molecular weight is 622 g/mol. The number of piperazine rings is 1. The first-order valence-electron chi connectivity index (χ1n) is 16.0. The number of benzene rings is 2. The minimum Gasteiger partial charge on any atom is -0.497 e. The van der Waals surface area contributed by atoms with Gasteiger partial charge in [-0.2, -0.15) is 0 Å². The third-order valence-corrected chi connectivity index (χ3v) is 9.26. The molecule has 0 N–H and O–H groups in total. The first-order valence-corrected chi connectivity index (χ1v) is 16.0. The van der Waals surface area contributed by atoms with Gasteiger partial charge in [0.1, 0.15) is 11.6 Å². The topological polar surface area (TPSA) is 88.9 Å². The molecule has 5 heterocycles. The highest BCUT2D eigenvalue weighted by Crippen LogP contribution is 2.35. The Kier molecular flexibility index (Phi) is 8.36. The number of pyridine rings is 1. The van der Waals surface area contributed by atoms with E-state index in [0.29, 0.717) is 42.5 Å². The van der Waals surface area contributed by atoms with Crippen molar-refractivity contribution in [3.05, 3.63) is 83.7 Å². The second kappa shape index (κ2) is 12.9. The average Bonchev–Trinajstić information content (AvgIpc) is 3.71. The second-order valence-corrected chi connectivity index (χ2v) is 12.0. The largest absolute Gasteiger partial charge is 0.497 e. The first kappa shape index (κ1) is 29.9. The number of aromatic nitrogens is 2. The maximum atomic E-state index is 13.7. The van der Waals surface area contributed by atoms with Crippen molar-refractivity contribution < 1.29 is 23.8 Å². The number of hydrogen-bond donors (Lipinski definition) is 0. The summed E-state index contributed by atoms with van der Waals surface area (Å²) in [6.45, 7) is 5.03. The fourth-order valence-corrected chi connectivity index (χ4v) is 6.72. The second-order valence-electron chi connectivity index (χ2n) is 12.0. The summed E-state index contributed by atoms with van der Waals surface area (Å²) in [4.78, 5) is 37.9. The maximum Gasteiger partial charge on any atom is 0.274 e. The molecule has 7 rings (SSSR count). The zero-order valence-electron chi connectivity index (χ0n) is 26.4. The summed E-state index contributed by atoms with van der Waals surface area (Å²) in [6.07, 6.45) is 8.99. The Bertz CT molecular complexity index is 1770. The molecule has 238 valence electrons. The van der Waals surface area contributed by atoms with Gasteiger partial charge in [0.05, 0.1) is 37.9 Å². The smallest absolute Gasteiger partial charge is 0.274 e. The molecule has 10 nitrogen and oxygen atoms in total. The predicted molar refractivity (Wildman–Crippen MR) is 176 cm³/mol. The number of nitrogens with zero attached hydrogens (tertiary/aromatic N) is 5. The van der Waals surface area contributed by atoms with Crippen LogP contribution in [0.15, 0.2) is 66.9 Å². The number of carbonyl (C=O) groups is 2. The van der Waals surface area contributed by atoms with E-state index in [4.69, 9.17) is 19.2 Å². The molecule has 4 aromatic rings. The van der Waals surface area contributed by atoms with Gasteiger partial charge in [0.25, 0.3) is 11.8 Å². The zero-order chi connectivity index (χ0) is 31.6. The Hall–Kier alpha value is -4.83. The quantitative estimate of drug-likeness (QED) is 0.246. The van der Waals surface area contributed by atoms with Crippen molar-refractivity contribution in [2.45, 2.75) is 25.3 Å². The van der Waals surface area contributed by atoms with E-state index in [1.165, 1.54) is 0 Å². The Morgan fingerprint density at radius 2 is 1.78 bits per heavy atom. The molecule has 46 heavy (non-hydrogen) atoms. The van der Waals surface area contributed by atoms with Crippen LogP contribution in [0.4, 0.5) is 0 Å². The monoisotopic (exact) mass is 621 g/mol. The van der Waals surface area contributed by atoms with Crippen LogP contribution in [-0.4, -0.2) is 102 Å². The molecular formula is C36H39N5O5. The maximum absolute atomic E-state index is 13.7. The molecule has 2 saturated heterocycles. The van der Waals surface area contributed by atoms with Gasteiger partial charge in [-0.05, 0) is 73.4 Å². The Labute approximate surface area is 268 Å². The molecule has 0 saturated carbocycles. The summed E-state index contributed by atoms with van der Waals surface area (Å²) < 4.78 is 19.1. The Balaban J connectivity index is 0.946. The summed E-state index contributed by atoms with van der Waals surface area (Å²) >= 11 is 0. The van der Waals surface area contributed by atoms with Gasteiger partial charge in [-0.1, -0.05) is 18.2 Å². The molecular weight excluding hydrogens is 582 g/mol. The van der Waals surface area contributed by atoms with Crippen LogP contribution in [0, 0.1) is 0 Å². The molecule has 0 spiro atoms. The van der Waals surface area contributed by atoms with Crippen LogP contribution in [-0.2, 0) is 0 Å². The van der Waals surface area contributed by atoms with Crippen LogP contribution in [0.1, 0.15) is 45.7 Å². The van der Waals surface area contributed by atoms with Crippen LogP contribution >= 0.6 is 0 Å². The fourth-order valence-electron chi connectivity index (χ4n) is 6.72. The molecule has 0 aliphatic carbocycles. The summed E-state index contributed by atoms with van der Waals surface area (Å²) in [6, 6.07) is 17.5. The van der Waals surface area contributed by atoms with Crippen LogP contribution in [0.2, 0.25) is 0 Å². The molecule has 2 aromatic heterocycles. The number of methoxy groups -OCH3 is 2. The molecule has 2 amide bonds. The van der Waals surface area contributed by atoms with Crippen LogP contribution in [0.25, 0.3) is 23.0 Å². The normalized spacial score (nSPS) is 18.0. The van der Waals surface area contributed by atoms with E-state index >= 15 is 0 Å². The van der Waals surface area contributed by atoms with Gasteiger partial charge in [-0.3, -0.25) is 18.9 Å². The highest BCUT2D eigenvalue weighted by molar-refractivity contribution is 6.01. The van der Waals surface area contributed by atoms with E-state index in [1.807, 2.05) is 81.1 Å². The summed E-state index contributed by atoms with van der Waals surface area (Å²) in [5, 5.41) is 0. The number of hydrogen-bond acceptors (Lipinski definition) is 7. The van der Waals surface area contributed by atoms with Crippen molar-refractivity contribution >= 4 is 23.4 Å². The lowest BCUT2D eigenvalue weighted by molar-refractivity contribution is 0.0627. The number of carbonyl (C=O) groups excluding carboxylic acids is 2. The highest BCUT2D eigenvalue weighted by atomic mass is 16.5. The van der Waals surface area contributed by atoms with Crippen molar-refractivity contribution in [2.24, 2.45) is 0 Å². The van der Waals surface area contributed by atoms with Gasteiger partial charge < -0.3 is 24.0 Å². The van der Waals surface area contributed by atoms with E-state index in [9.17, 15) is 9.59 Å². The number of fused-ring (bicyclic) bond motifs is 3. The van der Waals surface area contributed by atoms with Crippen LogP contribution < -0.4 is 14.2 Å². The van der Waals surface area contributed by atoms with E-state index in [-0.39, 0.29) is 17.9 Å². The molecule has 1 atom stereocenters. The van der Waals surface area contributed by atoms with Crippen molar-refractivity contribution in [2.75, 3.05) is 60.1 Å². The van der Waals surface area contributed by atoms with Gasteiger partial charge in [0, 0.05) is 51.0 Å². The lowest BCUT2D eigenvalue weighted by Gasteiger charge is -2.34. The number of ether oxygens (including phenoxy) is 3. The lowest BCUT2D eigenvalue weighted by Crippen LogP contribution is -2.49. The van der Waals surface area contributed by atoms with Gasteiger partial charge in [0.15, 0.2) is 17.2 Å². The summed E-state index contributed by atoms with van der Waals surface area (Å²) in [5.74, 6) is 2.74. The van der Waals surface area contributed by atoms with Gasteiger partial charge in [0.2, 0.25) is 0 Å². The first-order chi connectivity index (χ1) is 22.5. The van der Waals surface area contributed by atoms with Crippen molar-refractivity contribution in [1.29, 1.82) is 0 Å². The molecule has 0 radical (unpaired) electrons. The minimum atomic E-state index is -0.0466. The van der Waals surface area contributed by atoms with Crippen LogP contribution in [0.3, 0.4) is 0 Å². The molecule has 2 aromatic carbocycles. The molecule has 10 heteroatoms. The number of amides is 2. The van der Waals surface area contributed by atoms with E-state index < -0.39 is 0 Å². The highest BCUT2D eigenvalue weighted by Gasteiger charge is 2.32. The molecule has 3 aliphatic rings. The summed E-state index contributed by atoms with van der Waals surface area (Å²) in [7, 11) is 3.25. The van der Waals surface area contributed by atoms with Crippen molar-refractivity contribution in [3.63, 3.8) is 0 Å². The third kappa shape index (κ3) is 5.69. The minimum absolute atomic E-state index is 0.0466. The summed E-state index contributed by atoms with van der Waals surface area (Å²) in [5.41, 5.74) is 3.73.